The third-order valence-corrected chi connectivity index (χ3v) is 1.50. The summed E-state index contributed by atoms with van der Waals surface area (Å²) in [5.74, 6) is 0.692. The molecule has 0 radical (unpaired) electrons. The Morgan fingerprint density at radius 2 is 2.07 bits per heavy atom. The lowest BCUT2D eigenvalue weighted by Gasteiger charge is -2.11. The van der Waals surface area contributed by atoms with Crippen molar-refractivity contribution in [2.45, 2.75) is 32.7 Å². The summed E-state index contributed by atoms with van der Waals surface area (Å²) >= 11 is 0. The molecule has 1 aliphatic heterocycles. The average Bonchev–Trinajstić information content (AvgIpc) is 2.32. The van der Waals surface area contributed by atoms with Crippen molar-refractivity contribution in [3.63, 3.8) is 0 Å². The fourth-order valence-corrected chi connectivity index (χ4v) is 1.09. The summed E-state index contributed by atoms with van der Waals surface area (Å²) in [5, 5.41) is 16.8. The van der Waals surface area contributed by atoms with Crippen LogP contribution >= 0.6 is 0 Å². The maximum Gasteiger partial charge on any atom is 0.291 e. The molecule has 0 aliphatic carbocycles. The number of nitrogens with one attached hydrogen (secondary N) is 3. The van der Waals surface area contributed by atoms with Gasteiger partial charge in [0.05, 0.1) is 6.17 Å². The van der Waals surface area contributed by atoms with Crippen molar-refractivity contribution in [3.8, 4) is 0 Å². The third-order valence-electron chi connectivity index (χ3n) is 1.50. The van der Waals surface area contributed by atoms with Gasteiger partial charge in [0.1, 0.15) is 6.29 Å². The Hall–Kier alpha value is -0.960. The van der Waals surface area contributed by atoms with Gasteiger partial charge in [-0.15, -0.1) is 10.1 Å². The van der Waals surface area contributed by atoms with Crippen LogP contribution in [0.1, 0.15) is 20.3 Å². The first kappa shape index (κ1) is 13.0. The average molecular weight is 207 g/mol. The summed E-state index contributed by atoms with van der Waals surface area (Å²) in [6, 6.07) is 0. The van der Waals surface area contributed by atoms with E-state index in [-0.39, 0.29) is 6.29 Å². The highest BCUT2D eigenvalue weighted by molar-refractivity contribution is 4.72. The van der Waals surface area contributed by atoms with Gasteiger partial charge in [-0.25, -0.2) is 10.9 Å². The van der Waals surface area contributed by atoms with Gasteiger partial charge in [-0.1, -0.05) is 13.8 Å². The Morgan fingerprint density at radius 3 is 2.36 bits per heavy atom. The van der Waals surface area contributed by atoms with E-state index in [1.807, 2.05) is 0 Å². The van der Waals surface area contributed by atoms with E-state index in [4.69, 9.17) is 21.1 Å². The molecular formula is C6H17N5O3. The van der Waals surface area contributed by atoms with Gasteiger partial charge in [0.25, 0.3) is 5.09 Å². The molecule has 1 aliphatic rings. The molecule has 2 atom stereocenters. The minimum atomic E-state index is -1.50. The lowest BCUT2D eigenvalue weighted by Crippen LogP contribution is -2.42. The van der Waals surface area contributed by atoms with Crippen LogP contribution in [0.3, 0.4) is 0 Å². The highest BCUT2D eigenvalue weighted by Gasteiger charge is 2.18. The first-order valence-electron chi connectivity index (χ1n) is 4.27. The zero-order valence-electron chi connectivity index (χ0n) is 8.23. The van der Waals surface area contributed by atoms with E-state index in [1.54, 1.807) is 0 Å². The Morgan fingerprint density at radius 1 is 1.57 bits per heavy atom. The highest BCUT2D eigenvalue weighted by Crippen LogP contribution is 2.03. The van der Waals surface area contributed by atoms with Gasteiger partial charge in [0, 0.05) is 0 Å². The standard InChI is InChI=1S/C6H16N4.HNO3/c1-4(2)3-5-8-6(7)10-9-5;2-1(3)4/h4-6,8-10H,3,7H2,1-2H3;(H,2,3,4). The fraction of sp³-hybridized carbons (Fsp3) is 1.00. The molecule has 0 aromatic rings. The minimum Gasteiger partial charge on any atom is -0.328 e. The number of nitrogens with zero attached hydrogens (tertiary/aromatic N) is 1. The first-order valence-corrected chi connectivity index (χ1v) is 4.27. The lowest BCUT2D eigenvalue weighted by molar-refractivity contribution is -0.742. The molecule has 1 rings (SSSR count). The molecule has 2 unspecified atom stereocenters. The van der Waals surface area contributed by atoms with Crippen LogP contribution in [0, 0.1) is 16.0 Å². The van der Waals surface area contributed by atoms with Gasteiger partial charge >= 0.3 is 0 Å². The molecule has 0 amide bonds. The molecule has 84 valence electrons. The summed E-state index contributed by atoms with van der Waals surface area (Å²) in [4.78, 5) is 8.36. The topological polar surface area (TPSA) is 125 Å². The van der Waals surface area contributed by atoms with Crippen LogP contribution in [-0.4, -0.2) is 22.7 Å². The smallest absolute Gasteiger partial charge is 0.291 e. The number of hydrogen-bond donors (Lipinski definition) is 5. The van der Waals surface area contributed by atoms with E-state index in [1.165, 1.54) is 0 Å². The van der Waals surface area contributed by atoms with Crippen molar-refractivity contribution in [2.75, 3.05) is 0 Å². The van der Waals surface area contributed by atoms with Crippen LogP contribution in [-0.2, 0) is 0 Å². The van der Waals surface area contributed by atoms with E-state index >= 15 is 0 Å². The molecule has 14 heavy (non-hydrogen) atoms. The Bertz CT molecular complexity index is 173. The van der Waals surface area contributed by atoms with Crippen molar-refractivity contribution in [1.82, 2.24) is 16.2 Å². The second-order valence-corrected chi connectivity index (χ2v) is 3.35. The largest absolute Gasteiger partial charge is 0.328 e. The summed E-state index contributed by atoms with van der Waals surface area (Å²) in [6.07, 6.45) is 1.33. The number of hydrazine groups is 1. The van der Waals surface area contributed by atoms with Gasteiger partial charge in [-0.2, -0.15) is 0 Å². The third kappa shape index (κ3) is 7.68. The van der Waals surface area contributed by atoms with Crippen LogP contribution < -0.4 is 21.9 Å². The summed E-state index contributed by atoms with van der Waals surface area (Å²) in [5.41, 5.74) is 11.5. The molecule has 6 N–H and O–H groups in total. The van der Waals surface area contributed by atoms with Crippen LogP contribution in [0.25, 0.3) is 0 Å². The SMILES string of the molecule is CC(C)CC1NNC(N)N1.O=[N+]([O-])O. The quantitative estimate of drug-likeness (QED) is 0.289. The Balaban J connectivity index is 0.000000364. The molecule has 0 aromatic heterocycles. The van der Waals surface area contributed by atoms with Crippen molar-refractivity contribution in [1.29, 1.82) is 0 Å². The highest BCUT2D eigenvalue weighted by atomic mass is 16.9. The van der Waals surface area contributed by atoms with E-state index < -0.39 is 5.09 Å². The Kier molecular flexibility index (Phi) is 6.04. The molecule has 0 bridgehead atoms. The van der Waals surface area contributed by atoms with E-state index in [0.717, 1.165) is 6.42 Å². The van der Waals surface area contributed by atoms with E-state index in [9.17, 15) is 0 Å². The van der Waals surface area contributed by atoms with Crippen molar-refractivity contribution < 1.29 is 10.3 Å². The molecular weight excluding hydrogens is 190 g/mol. The number of hydrogen-bond acceptors (Lipinski definition) is 6. The maximum absolute atomic E-state index is 8.36. The predicted molar refractivity (Wildman–Crippen MR) is 49.4 cm³/mol. The zero-order valence-corrected chi connectivity index (χ0v) is 8.23. The Labute approximate surface area is 81.9 Å². The van der Waals surface area contributed by atoms with E-state index in [2.05, 4.69) is 30.0 Å². The predicted octanol–water partition coefficient (Wildman–Crippen LogP) is -1.05. The summed E-state index contributed by atoms with van der Waals surface area (Å²) in [6.45, 7) is 4.38. The summed E-state index contributed by atoms with van der Waals surface area (Å²) < 4.78 is 0. The molecule has 0 aromatic carbocycles. The molecule has 1 fully saturated rings. The van der Waals surface area contributed by atoms with Gasteiger partial charge < -0.3 is 10.9 Å². The lowest BCUT2D eigenvalue weighted by atomic mass is 10.1. The molecule has 8 nitrogen and oxygen atoms in total. The molecule has 0 saturated carbocycles. The van der Waals surface area contributed by atoms with Gasteiger partial charge in [0.2, 0.25) is 0 Å². The monoisotopic (exact) mass is 207 g/mol. The van der Waals surface area contributed by atoms with Crippen LogP contribution in [0.2, 0.25) is 0 Å². The number of rotatable bonds is 2. The minimum absolute atomic E-state index is 0.0938. The van der Waals surface area contributed by atoms with Crippen LogP contribution in [0.15, 0.2) is 0 Å². The number of nitrogens with two attached hydrogens (primary N) is 1. The second kappa shape index (κ2) is 6.49. The zero-order chi connectivity index (χ0) is 11.1. The first-order chi connectivity index (χ1) is 6.41. The molecule has 0 spiro atoms. The van der Waals surface area contributed by atoms with Gasteiger partial charge in [-0.3, -0.25) is 5.32 Å². The molecule has 1 saturated heterocycles. The van der Waals surface area contributed by atoms with Crippen LogP contribution in [0.4, 0.5) is 0 Å². The van der Waals surface area contributed by atoms with Crippen molar-refractivity contribution in [3.05, 3.63) is 10.1 Å². The van der Waals surface area contributed by atoms with Crippen molar-refractivity contribution >= 4 is 0 Å². The normalized spacial score (nSPS) is 25.7. The molecule has 8 heteroatoms. The maximum atomic E-state index is 8.36. The van der Waals surface area contributed by atoms with E-state index in [0.29, 0.717) is 12.1 Å². The summed E-state index contributed by atoms with van der Waals surface area (Å²) in [7, 11) is 0. The second-order valence-electron chi connectivity index (χ2n) is 3.35. The van der Waals surface area contributed by atoms with Gasteiger partial charge in [0.15, 0.2) is 0 Å². The van der Waals surface area contributed by atoms with Crippen molar-refractivity contribution in [2.24, 2.45) is 11.7 Å². The molecule has 1 heterocycles. The fourth-order valence-electron chi connectivity index (χ4n) is 1.09. The van der Waals surface area contributed by atoms with Gasteiger partial charge in [-0.05, 0) is 12.3 Å². The van der Waals surface area contributed by atoms with Crippen LogP contribution in [0.5, 0.6) is 0 Å².